The van der Waals surface area contributed by atoms with E-state index >= 15 is 0 Å². The van der Waals surface area contributed by atoms with Gasteiger partial charge in [-0.25, -0.2) is 0 Å². The van der Waals surface area contributed by atoms with Crippen LogP contribution in [0, 0.1) is 19.8 Å². The maximum absolute atomic E-state index is 12.3. The highest BCUT2D eigenvalue weighted by molar-refractivity contribution is 5.97. The Hall–Kier alpha value is -3.02. The first kappa shape index (κ1) is 20.3. The summed E-state index contributed by atoms with van der Waals surface area (Å²) in [5.41, 5.74) is 7.16. The number of carbonyl (C=O) groups is 2. The van der Waals surface area contributed by atoms with E-state index in [0.717, 1.165) is 11.1 Å². The highest BCUT2D eigenvalue weighted by Crippen LogP contribution is 2.20. The van der Waals surface area contributed by atoms with Crippen LogP contribution < -0.4 is 20.3 Å². The smallest absolute Gasteiger partial charge is 0.276 e. The van der Waals surface area contributed by atoms with Crippen LogP contribution in [0.3, 0.4) is 0 Å². The molecule has 0 aliphatic carbocycles. The van der Waals surface area contributed by atoms with Gasteiger partial charge in [0, 0.05) is 0 Å². The molecule has 2 aromatic rings. The molecule has 0 saturated carbocycles. The van der Waals surface area contributed by atoms with Crippen LogP contribution in [0.25, 0.3) is 0 Å². The Morgan fingerprint density at radius 1 is 0.926 bits per heavy atom. The second-order valence-corrected chi connectivity index (χ2v) is 6.69. The van der Waals surface area contributed by atoms with Crippen molar-refractivity contribution in [2.24, 2.45) is 5.92 Å². The Morgan fingerprint density at radius 2 is 1.63 bits per heavy atom. The molecule has 0 radical (unpaired) electrons. The maximum atomic E-state index is 12.3. The van der Waals surface area contributed by atoms with Crippen molar-refractivity contribution in [2.45, 2.75) is 27.7 Å². The summed E-state index contributed by atoms with van der Waals surface area (Å²) in [7, 11) is 0. The summed E-state index contributed by atoms with van der Waals surface area (Å²) in [5, 5.41) is 0. The lowest BCUT2D eigenvalue weighted by Crippen LogP contribution is -2.44. The molecule has 0 heterocycles. The molecule has 0 aromatic heterocycles. The molecule has 6 nitrogen and oxygen atoms in total. The normalized spacial score (nSPS) is 10.4. The van der Waals surface area contributed by atoms with Crippen LogP contribution in [-0.2, 0) is 4.79 Å². The minimum Gasteiger partial charge on any atom is -0.492 e. The number of aryl methyl sites for hydroxylation is 1. The predicted octanol–water partition coefficient (Wildman–Crippen LogP) is 3.18. The van der Waals surface area contributed by atoms with Crippen LogP contribution in [-0.4, -0.2) is 25.0 Å². The van der Waals surface area contributed by atoms with E-state index in [2.05, 4.69) is 10.9 Å². The van der Waals surface area contributed by atoms with Crippen molar-refractivity contribution in [3.63, 3.8) is 0 Å². The van der Waals surface area contributed by atoms with Gasteiger partial charge in [0.1, 0.15) is 11.5 Å². The number of para-hydroxylation sites is 1. The van der Waals surface area contributed by atoms with Crippen LogP contribution in [0.4, 0.5) is 0 Å². The molecule has 0 fully saturated rings. The molecule has 27 heavy (non-hydrogen) atoms. The van der Waals surface area contributed by atoms with Crippen molar-refractivity contribution in [1.82, 2.24) is 10.9 Å². The zero-order valence-electron chi connectivity index (χ0n) is 16.2. The van der Waals surface area contributed by atoms with Crippen LogP contribution in [0.2, 0.25) is 0 Å². The monoisotopic (exact) mass is 370 g/mol. The van der Waals surface area contributed by atoms with Gasteiger partial charge in [-0.3, -0.25) is 20.4 Å². The van der Waals surface area contributed by atoms with Crippen molar-refractivity contribution >= 4 is 11.8 Å². The van der Waals surface area contributed by atoms with Crippen LogP contribution >= 0.6 is 0 Å². The first-order valence-electron chi connectivity index (χ1n) is 8.88. The molecular formula is C21H26N2O4. The van der Waals surface area contributed by atoms with E-state index in [4.69, 9.17) is 9.47 Å². The summed E-state index contributed by atoms with van der Waals surface area (Å²) in [5.74, 6) is 0.552. The molecule has 2 N–H and O–H groups in total. The number of ether oxygens (including phenoxy) is 2. The van der Waals surface area contributed by atoms with Crippen LogP contribution in [0.5, 0.6) is 11.5 Å². The molecule has 0 bridgehead atoms. The van der Waals surface area contributed by atoms with Gasteiger partial charge < -0.3 is 9.47 Å². The highest BCUT2D eigenvalue weighted by Gasteiger charge is 2.14. The quantitative estimate of drug-likeness (QED) is 0.734. The fraction of sp³-hybridized carbons (Fsp3) is 0.333. The second kappa shape index (κ2) is 9.62. The van der Waals surface area contributed by atoms with Crippen molar-refractivity contribution in [3.05, 3.63) is 59.2 Å². The minimum atomic E-state index is -0.454. The molecule has 0 aliphatic heterocycles. The van der Waals surface area contributed by atoms with E-state index in [1.165, 1.54) is 0 Å². The van der Waals surface area contributed by atoms with E-state index in [-0.39, 0.29) is 6.61 Å². The van der Waals surface area contributed by atoms with Gasteiger partial charge >= 0.3 is 0 Å². The van der Waals surface area contributed by atoms with Gasteiger partial charge in [0.25, 0.3) is 11.8 Å². The Morgan fingerprint density at radius 3 is 2.37 bits per heavy atom. The topological polar surface area (TPSA) is 76.7 Å². The van der Waals surface area contributed by atoms with Crippen molar-refractivity contribution in [1.29, 1.82) is 0 Å². The highest BCUT2D eigenvalue weighted by atomic mass is 16.5. The molecule has 2 rings (SSSR count). The van der Waals surface area contributed by atoms with Gasteiger partial charge in [-0.2, -0.15) is 0 Å². The summed E-state index contributed by atoms with van der Waals surface area (Å²) in [6.07, 6.45) is 0. The average Bonchev–Trinajstić information content (AvgIpc) is 2.65. The van der Waals surface area contributed by atoms with Crippen molar-refractivity contribution in [2.75, 3.05) is 13.2 Å². The standard InChI is InChI=1S/C21H26N2O4/c1-14(2)12-26-19-10-6-5-9-17(19)21(25)23-22-20(24)13-27-18-11-7-8-15(3)16(18)4/h5-11,14H,12-13H2,1-4H3,(H,22,24)(H,23,25). The van der Waals surface area contributed by atoms with Gasteiger partial charge in [0.15, 0.2) is 6.61 Å². The summed E-state index contributed by atoms with van der Waals surface area (Å²) < 4.78 is 11.2. The third-order valence-corrected chi connectivity index (χ3v) is 3.93. The molecule has 2 aromatic carbocycles. The number of hydrogen-bond acceptors (Lipinski definition) is 4. The molecule has 144 valence electrons. The Kier molecular flexibility index (Phi) is 7.23. The first-order chi connectivity index (χ1) is 12.9. The zero-order chi connectivity index (χ0) is 19.8. The van der Waals surface area contributed by atoms with E-state index in [1.54, 1.807) is 30.3 Å². The molecule has 0 spiro atoms. The van der Waals surface area contributed by atoms with Gasteiger partial charge in [0.2, 0.25) is 0 Å². The summed E-state index contributed by atoms with van der Waals surface area (Å²) >= 11 is 0. The lowest BCUT2D eigenvalue weighted by atomic mass is 10.1. The summed E-state index contributed by atoms with van der Waals surface area (Å²) in [6.45, 7) is 8.26. The third-order valence-electron chi connectivity index (χ3n) is 3.93. The second-order valence-electron chi connectivity index (χ2n) is 6.69. The molecule has 6 heteroatoms. The number of rotatable bonds is 7. The SMILES string of the molecule is Cc1cccc(OCC(=O)NNC(=O)c2ccccc2OCC(C)C)c1C. The zero-order valence-corrected chi connectivity index (χ0v) is 16.2. The van der Waals surface area contributed by atoms with E-state index in [1.807, 2.05) is 39.8 Å². The van der Waals surface area contributed by atoms with Crippen LogP contribution in [0.1, 0.15) is 35.3 Å². The molecule has 0 saturated heterocycles. The number of nitrogens with one attached hydrogen (secondary N) is 2. The summed E-state index contributed by atoms with van der Waals surface area (Å²) in [4.78, 5) is 24.3. The minimum absolute atomic E-state index is 0.198. The Bertz CT molecular complexity index is 803. The van der Waals surface area contributed by atoms with E-state index in [0.29, 0.717) is 29.6 Å². The molecule has 0 aliphatic rings. The van der Waals surface area contributed by atoms with Gasteiger partial charge in [-0.05, 0) is 49.1 Å². The van der Waals surface area contributed by atoms with Crippen molar-refractivity contribution < 1.29 is 19.1 Å². The largest absolute Gasteiger partial charge is 0.492 e. The molecule has 0 atom stereocenters. The van der Waals surface area contributed by atoms with E-state index in [9.17, 15) is 9.59 Å². The number of hydrazine groups is 1. The molecule has 0 unspecified atom stereocenters. The van der Waals surface area contributed by atoms with Gasteiger partial charge in [0.05, 0.1) is 12.2 Å². The van der Waals surface area contributed by atoms with Gasteiger partial charge in [-0.15, -0.1) is 0 Å². The average molecular weight is 370 g/mol. The van der Waals surface area contributed by atoms with Crippen LogP contribution in [0.15, 0.2) is 42.5 Å². The van der Waals surface area contributed by atoms with Crippen molar-refractivity contribution in [3.8, 4) is 11.5 Å². The number of amides is 2. The van der Waals surface area contributed by atoms with Gasteiger partial charge in [-0.1, -0.05) is 38.1 Å². The lowest BCUT2D eigenvalue weighted by molar-refractivity contribution is -0.123. The first-order valence-corrected chi connectivity index (χ1v) is 8.88. The number of hydrogen-bond donors (Lipinski definition) is 2. The summed E-state index contributed by atoms with van der Waals surface area (Å²) in [6, 6.07) is 12.5. The number of benzene rings is 2. The third kappa shape index (κ3) is 6.02. The fourth-order valence-corrected chi connectivity index (χ4v) is 2.29. The molecular weight excluding hydrogens is 344 g/mol. The lowest BCUT2D eigenvalue weighted by Gasteiger charge is -2.14. The molecule has 2 amide bonds. The number of carbonyl (C=O) groups excluding carboxylic acids is 2. The maximum Gasteiger partial charge on any atom is 0.276 e. The fourth-order valence-electron chi connectivity index (χ4n) is 2.29. The van der Waals surface area contributed by atoms with E-state index < -0.39 is 11.8 Å². The Balaban J connectivity index is 1.88. The Labute approximate surface area is 159 Å². The predicted molar refractivity (Wildman–Crippen MR) is 104 cm³/mol.